The highest BCUT2D eigenvalue weighted by Gasteiger charge is 2.63. The van der Waals surface area contributed by atoms with Gasteiger partial charge >= 0.3 is 23.9 Å². The van der Waals surface area contributed by atoms with E-state index in [1.165, 1.54) is 19.9 Å². The monoisotopic (exact) mass is 618 g/mol. The van der Waals surface area contributed by atoms with Crippen molar-refractivity contribution in [1.29, 1.82) is 0 Å². The Hall–Kier alpha value is -3.63. The van der Waals surface area contributed by atoms with Crippen LogP contribution < -0.4 is 0 Å². The predicted molar refractivity (Wildman–Crippen MR) is 158 cm³/mol. The first-order chi connectivity index (χ1) is 20.2. The molecule has 44 heavy (non-hydrogen) atoms. The SMILES string of the molecule is C=C1C(OC(C)=O)C(OC(=O)C(C)C)C(=O)C(C)(C)C=CC(C)C(=O)C2(CC(C)=O)CC(C)C(OC(C)=O)C2C1OC(C)=O. The van der Waals surface area contributed by atoms with Crippen LogP contribution in [-0.2, 0) is 52.5 Å². The molecule has 0 radical (unpaired) electrons. The molecule has 244 valence electrons. The van der Waals surface area contributed by atoms with Gasteiger partial charge in [-0.05, 0) is 33.1 Å². The summed E-state index contributed by atoms with van der Waals surface area (Å²) in [5.74, 6) is -7.63. The lowest BCUT2D eigenvalue weighted by atomic mass is 9.63. The van der Waals surface area contributed by atoms with E-state index in [1.807, 2.05) is 0 Å². The normalized spacial score (nSPS) is 32.2. The van der Waals surface area contributed by atoms with E-state index in [0.29, 0.717) is 0 Å². The Morgan fingerprint density at radius 1 is 0.841 bits per heavy atom. The Labute approximate surface area is 259 Å². The topological polar surface area (TPSA) is 156 Å². The van der Waals surface area contributed by atoms with Crippen LogP contribution in [-0.4, -0.2) is 65.6 Å². The van der Waals surface area contributed by atoms with E-state index >= 15 is 0 Å². The fraction of sp³-hybridized carbons (Fsp3) is 0.667. The summed E-state index contributed by atoms with van der Waals surface area (Å²) in [6, 6.07) is 0. The largest absolute Gasteiger partial charge is 0.462 e. The summed E-state index contributed by atoms with van der Waals surface area (Å²) < 4.78 is 22.9. The second-order valence-corrected chi connectivity index (χ2v) is 13.1. The Balaban J connectivity index is 3.08. The zero-order valence-electron chi connectivity index (χ0n) is 27.4. The van der Waals surface area contributed by atoms with Crippen LogP contribution in [0.4, 0.5) is 0 Å². The lowest BCUT2D eigenvalue weighted by Gasteiger charge is -2.43. The molecule has 11 heteroatoms. The van der Waals surface area contributed by atoms with Crippen LogP contribution in [0.25, 0.3) is 0 Å². The Kier molecular flexibility index (Phi) is 11.6. The summed E-state index contributed by atoms with van der Waals surface area (Å²) in [6.45, 7) is 18.5. The zero-order valence-corrected chi connectivity index (χ0v) is 27.4. The quantitative estimate of drug-likeness (QED) is 0.232. The van der Waals surface area contributed by atoms with Gasteiger partial charge in [-0.1, -0.05) is 46.4 Å². The van der Waals surface area contributed by atoms with Crippen molar-refractivity contribution in [1.82, 2.24) is 0 Å². The zero-order chi connectivity index (χ0) is 33.9. The van der Waals surface area contributed by atoms with E-state index in [1.54, 1.807) is 47.6 Å². The van der Waals surface area contributed by atoms with Crippen molar-refractivity contribution < 1.29 is 52.5 Å². The van der Waals surface area contributed by atoms with Crippen molar-refractivity contribution in [3.05, 3.63) is 24.3 Å². The van der Waals surface area contributed by atoms with Crippen molar-refractivity contribution in [2.75, 3.05) is 0 Å². The molecule has 2 rings (SSSR count). The van der Waals surface area contributed by atoms with Gasteiger partial charge in [0, 0.05) is 49.5 Å². The number of ether oxygens (including phenoxy) is 4. The Morgan fingerprint density at radius 2 is 1.36 bits per heavy atom. The van der Waals surface area contributed by atoms with Crippen LogP contribution in [0.15, 0.2) is 24.3 Å². The third kappa shape index (κ3) is 7.90. The molecule has 0 heterocycles. The van der Waals surface area contributed by atoms with Crippen molar-refractivity contribution in [3.63, 3.8) is 0 Å². The van der Waals surface area contributed by atoms with Gasteiger partial charge in [0.25, 0.3) is 0 Å². The molecule has 0 amide bonds. The number of ketones is 3. The second kappa shape index (κ2) is 14.0. The number of esters is 4. The number of allylic oxidation sites excluding steroid dienone is 2. The molecular formula is C33H46O11. The molecule has 2 aliphatic carbocycles. The van der Waals surface area contributed by atoms with Crippen LogP contribution >= 0.6 is 0 Å². The average Bonchev–Trinajstić information content (AvgIpc) is 3.15. The van der Waals surface area contributed by atoms with Gasteiger partial charge in [-0.3, -0.25) is 33.6 Å². The van der Waals surface area contributed by atoms with Crippen LogP contribution in [0, 0.1) is 34.5 Å². The van der Waals surface area contributed by atoms with Gasteiger partial charge in [-0.15, -0.1) is 0 Å². The van der Waals surface area contributed by atoms with Gasteiger partial charge in [0.1, 0.15) is 23.8 Å². The van der Waals surface area contributed by atoms with E-state index in [-0.39, 0.29) is 30.0 Å². The van der Waals surface area contributed by atoms with E-state index in [2.05, 4.69) is 6.58 Å². The van der Waals surface area contributed by atoms with E-state index in [4.69, 9.17) is 18.9 Å². The third-order valence-corrected chi connectivity index (χ3v) is 8.34. The highest BCUT2D eigenvalue weighted by molar-refractivity contribution is 5.95. The van der Waals surface area contributed by atoms with Crippen molar-refractivity contribution >= 4 is 41.2 Å². The highest BCUT2D eigenvalue weighted by Crippen LogP contribution is 2.56. The molecule has 0 saturated heterocycles. The lowest BCUT2D eigenvalue weighted by Crippen LogP contribution is -2.54. The molecule has 0 N–H and O–H groups in total. The summed E-state index contributed by atoms with van der Waals surface area (Å²) in [7, 11) is 0. The summed E-state index contributed by atoms with van der Waals surface area (Å²) in [6.07, 6.45) is -3.06. The van der Waals surface area contributed by atoms with Crippen LogP contribution in [0.5, 0.6) is 0 Å². The average molecular weight is 619 g/mol. The molecule has 1 fully saturated rings. The highest BCUT2D eigenvalue weighted by atomic mass is 16.6. The molecule has 0 bridgehead atoms. The molecule has 8 atom stereocenters. The molecule has 0 aliphatic heterocycles. The van der Waals surface area contributed by atoms with Crippen LogP contribution in [0.1, 0.15) is 82.1 Å². The van der Waals surface area contributed by atoms with E-state index in [0.717, 1.165) is 13.8 Å². The molecule has 0 aromatic rings. The molecule has 2 aliphatic rings. The maximum absolute atomic E-state index is 14.5. The molecule has 11 nitrogen and oxygen atoms in total. The number of hydrogen-bond donors (Lipinski definition) is 0. The molecule has 1 saturated carbocycles. The minimum Gasteiger partial charge on any atom is -0.462 e. The summed E-state index contributed by atoms with van der Waals surface area (Å²) in [5.41, 5.74) is -3.03. The number of hydrogen-bond acceptors (Lipinski definition) is 11. The summed E-state index contributed by atoms with van der Waals surface area (Å²) in [4.78, 5) is 91.9. The first-order valence-electron chi connectivity index (χ1n) is 14.8. The lowest BCUT2D eigenvalue weighted by molar-refractivity contribution is -0.176. The minimum absolute atomic E-state index is 0.101. The second-order valence-electron chi connectivity index (χ2n) is 13.1. The van der Waals surface area contributed by atoms with Crippen molar-refractivity contribution in [2.24, 2.45) is 34.5 Å². The smallest absolute Gasteiger partial charge is 0.309 e. The van der Waals surface area contributed by atoms with Crippen molar-refractivity contribution in [2.45, 2.75) is 106 Å². The van der Waals surface area contributed by atoms with Gasteiger partial charge in [0.15, 0.2) is 11.9 Å². The van der Waals surface area contributed by atoms with Gasteiger partial charge in [0.2, 0.25) is 6.10 Å². The molecular weight excluding hydrogens is 572 g/mol. The number of rotatable bonds is 7. The maximum atomic E-state index is 14.5. The van der Waals surface area contributed by atoms with E-state index < -0.39 is 88.6 Å². The third-order valence-electron chi connectivity index (χ3n) is 8.34. The molecule has 0 aromatic heterocycles. The van der Waals surface area contributed by atoms with Gasteiger partial charge in [0.05, 0.1) is 11.8 Å². The fourth-order valence-electron chi connectivity index (χ4n) is 6.44. The first-order valence-corrected chi connectivity index (χ1v) is 14.8. The standard InChI is InChI=1S/C33H46O11/c1-16(2)31(40)44-28-27(43-23(9)37)20(6)26(42-22(8)36)24-25(41-21(7)35)18(4)14-33(24,15-19(5)34)29(38)17(3)12-13-32(10,11)30(28)39/h12-13,16-18,24-28H,6,14-15H2,1-5,7-11H3. The first kappa shape index (κ1) is 36.6. The van der Waals surface area contributed by atoms with E-state index in [9.17, 15) is 33.6 Å². The molecule has 0 aromatic carbocycles. The van der Waals surface area contributed by atoms with Crippen molar-refractivity contribution in [3.8, 4) is 0 Å². The minimum atomic E-state index is -1.72. The maximum Gasteiger partial charge on any atom is 0.309 e. The Bertz CT molecular complexity index is 1240. The Morgan fingerprint density at radius 3 is 1.84 bits per heavy atom. The molecule has 0 spiro atoms. The van der Waals surface area contributed by atoms with Gasteiger partial charge in [-0.2, -0.15) is 0 Å². The van der Waals surface area contributed by atoms with Crippen LogP contribution in [0.2, 0.25) is 0 Å². The fourth-order valence-corrected chi connectivity index (χ4v) is 6.44. The number of fused-ring (bicyclic) bond motifs is 1. The number of Topliss-reactive ketones (excluding diaryl/α,β-unsaturated/α-hetero) is 3. The summed E-state index contributed by atoms with van der Waals surface area (Å²) in [5, 5.41) is 0. The van der Waals surface area contributed by atoms with Gasteiger partial charge in [-0.25, -0.2) is 0 Å². The van der Waals surface area contributed by atoms with Gasteiger partial charge < -0.3 is 18.9 Å². The number of carbonyl (C=O) groups excluding carboxylic acids is 7. The number of carbonyl (C=O) groups is 7. The molecule has 8 unspecified atom stereocenters. The summed E-state index contributed by atoms with van der Waals surface area (Å²) >= 11 is 0. The van der Waals surface area contributed by atoms with Crippen LogP contribution in [0.3, 0.4) is 0 Å². The predicted octanol–water partition coefficient (Wildman–Crippen LogP) is 3.90.